The summed E-state index contributed by atoms with van der Waals surface area (Å²) in [5.41, 5.74) is 1.77. The van der Waals surface area contributed by atoms with Crippen LogP contribution >= 0.6 is 27.3 Å². The van der Waals surface area contributed by atoms with E-state index in [1.54, 1.807) is 6.92 Å². The molecule has 0 aliphatic rings. The quantitative estimate of drug-likeness (QED) is 0.810. The summed E-state index contributed by atoms with van der Waals surface area (Å²) in [6, 6.07) is 7.80. The van der Waals surface area contributed by atoms with Gasteiger partial charge in [-0.25, -0.2) is 9.78 Å². The molecular formula is C12H10BrNO2S. The monoisotopic (exact) mass is 311 g/mol. The highest BCUT2D eigenvalue weighted by Crippen LogP contribution is 2.24. The van der Waals surface area contributed by atoms with Crippen molar-refractivity contribution in [2.45, 2.75) is 6.92 Å². The Morgan fingerprint density at radius 2 is 2.35 bits per heavy atom. The second-order valence-corrected chi connectivity index (χ2v) is 5.04. The van der Waals surface area contributed by atoms with Crippen LogP contribution in [0, 0.1) is 0 Å². The Kier molecular flexibility index (Phi) is 3.91. The van der Waals surface area contributed by atoms with Crippen molar-refractivity contribution in [2.75, 3.05) is 6.61 Å². The molecule has 0 aliphatic heterocycles. The van der Waals surface area contributed by atoms with Gasteiger partial charge >= 0.3 is 5.97 Å². The molecule has 0 atom stereocenters. The lowest BCUT2D eigenvalue weighted by molar-refractivity contribution is 0.0526. The zero-order valence-electron chi connectivity index (χ0n) is 9.14. The zero-order valence-corrected chi connectivity index (χ0v) is 11.5. The van der Waals surface area contributed by atoms with Crippen LogP contribution < -0.4 is 0 Å². The number of thiazole rings is 1. The number of aromatic nitrogens is 1. The summed E-state index contributed by atoms with van der Waals surface area (Å²) in [5, 5.41) is 2.25. The normalized spacial score (nSPS) is 10.2. The molecule has 0 amide bonds. The molecule has 0 spiro atoms. The first-order valence-electron chi connectivity index (χ1n) is 5.09. The van der Waals surface area contributed by atoms with Crippen molar-refractivity contribution in [2.24, 2.45) is 0 Å². The smallest absolute Gasteiger partial charge is 0.367 e. The molecule has 5 heteroatoms. The molecular weight excluding hydrogens is 302 g/mol. The van der Waals surface area contributed by atoms with Crippen LogP contribution in [-0.4, -0.2) is 17.6 Å². The number of carbonyl (C=O) groups is 1. The maximum atomic E-state index is 11.5. The third kappa shape index (κ3) is 2.92. The van der Waals surface area contributed by atoms with Gasteiger partial charge in [-0.3, -0.25) is 0 Å². The lowest BCUT2D eigenvalue weighted by atomic mass is 10.2. The van der Waals surface area contributed by atoms with Gasteiger partial charge in [-0.1, -0.05) is 28.1 Å². The van der Waals surface area contributed by atoms with E-state index in [4.69, 9.17) is 4.74 Å². The van der Waals surface area contributed by atoms with Gasteiger partial charge in [0.1, 0.15) is 0 Å². The van der Waals surface area contributed by atoms with Gasteiger partial charge in [0.2, 0.25) is 5.01 Å². The molecule has 88 valence electrons. The zero-order chi connectivity index (χ0) is 12.3. The summed E-state index contributed by atoms with van der Waals surface area (Å²) < 4.78 is 5.89. The SMILES string of the molecule is CCOC(=O)c1nc(-c2cccc(Br)c2)cs1. The van der Waals surface area contributed by atoms with Crippen molar-refractivity contribution in [3.05, 3.63) is 39.1 Å². The van der Waals surface area contributed by atoms with Gasteiger partial charge in [0.05, 0.1) is 12.3 Å². The Morgan fingerprint density at radius 3 is 3.06 bits per heavy atom. The van der Waals surface area contributed by atoms with Gasteiger partial charge in [0.25, 0.3) is 0 Å². The predicted octanol–water partition coefficient (Wildman–Crippen LogP) is 3.75. The van der Waals surface area contributed by atoms with Crippen LogP contribution in [0.15, 0.2) is 34.1 Å². The Labute approximate surface area is 112 Å². The highest BCUT2D eigenvalue weighted by atomic mass is 79.9. The average molecular weight is 312 g/mol. The first kappa shape index (κ1) is 12.3. The molecule has 0 unspecified atom stereocenters. The molecule has 3 nitrogen and oxygen atoms in total. The fourth-order valence-electron chi connectivity index (χ4n) is 1.34. The molecule has 0 saturated carbocycles. The lowest BCUT2D eigenvalue weighted by Crippen LogP contribution is -2.03. The van der Waals surface area contributed by atoms with Crippen LogP contribution in [0.3, 0.4) is 0 Å². The Morgan fingerprint density at radius 1 is 1.53 bits per heavy atom. The number of esters is 1. The number of hydrogen-bond acceptors (Lipinski definition) is 4. The number of carbonyl (C=O) groups excluding carboxylic acids is 1. The fraction of sp³-hybridized carbons (Fsp3) is 0.167. The predicted molar refractivity (Wildman–Crippen MR) is 71.2 cm³/mol. The fourth-order valence-corrected chi connectivity index (χ4v) is 2.46. The summed E-state index contributed by atoms with van der Waals surface area (Å²) in [5.74, 6) is -0.362. The number of halogens is 1. The number of benzene rings is 1. The van der Waals surface area contributed by atoms with Crippen LogP contribution in [0.25, 0.3) is 11.3 Å². The molecule has 0 radical (unpaired) electrons. The van der Waals surface area contributed by atoms with E-state index in [0.717, 1.165) is 15.7 Å². The van der Waals surface area contributed by atoms with E-state index in [1.165, 1.54) is 11.3 Å². The van der Waals surface area contributed by atoms with Gasteiger partial charge in [-0.2, -0.15) is 0 Å². The molecule has 0 N–H and O–H groups in total. The van der Waals surface area contributed by atoms with Crippen LogP contribution in [0.5, 0.6) is 0 Å². The summed E-state index contributed by atoms with van der Waals surface area (Å²) in [6.07, 6.45) is 0. The maximum absolute atomic E-state index is 11.5. The number of nitrogens with zero attached hydrogens (tertiary/aromatic N) is 1. The molecule has 0 aliphatic carbocycles. The van der Waals surface area contributed by atoms with Crippen molar-refractivity contribution >= 4 is 33.2 Å². The summed E-state index contributed by atoms with van der Waals surface area (Å²) in [6.45, 7) is 2.14. The van der Waals surface area contributed by atoms with Crippen molar-refractivity contribution in [1.82, 2.24) is 4.98 Å². The Bertz CT molecular complexity index is 539. The van der Waals surface area contributed by atoms with Crippen molar-refractivity contribution in [1.29, 1.82) is 0 Å². The third-order valence-corrected chi connectivity index (χ3v) is 3.39. The van der Waals surface area contributed by atoms with Gasteiger partial charge in [-0.15, -0.1) is 11.3 Å². The Hall–Kier alpha value is -1.20. The van der Waals surface area contributed by atoms with Gasteiger partial charge < -0.3 is 4.74 Å². The van der Waals surface area contributed by atoms with E-state index in [2.05, 4.69) is 20.9 Å². The van der Waals surface area contributed by atoms with E-state index in [0.29, 0.717) is 11.6 Å². The molecule has 17 heavy (non-hydrogen) atoms. The van der Waals surface area contributed by atoms with Crippen LogP contribution in [0.1, 0.15) is 16.7 Å². The first-order valence-corrected chi connectivity index (χ1v) is 6.76. The summed E-state index contributed by atoms with van der Waals surface area (Å²) >= 11 is 4.70. The summed E-state index contributed by atoms with van der Waals surface area (Å²) in [4.78, 5) is 15.7. The second-order valence-electron chi connectivity index (χ2n) is 3.27. The summed E-state index contributed by atoms with van der Waals surface area (Å²) in [7, 11) is 0. The molecule has 1 aromatic heterocycles. The molecule has 1 heterocycles. The van der Waals surface area contributed by atoms with E-state index < -0.39 is 0 Å². The maximum Gasteiger partial charge on any atom is 0.367 e. The molecule has 0 bridgehead atoms. The van der Waals surface area contributed by atoms with E-state index in [-0.39, 0.29) is 5.97 Å². The second kappa shape index (κ2) is 5.42. The standard InChI is InChI=1S/C12H10BrNO2S/c1-2-16-12(15)11-14-10(7-17-11)8-4-3-5-9(13)6-8/h3-7H,2H2,1H3. The van der Waals surface area contributed by atoms with Crippen LogP contribution in [0.2, 0.25) is 0 Å². The number of rotatable bonds is 3. The van der Waals surface area contributed by atoms with Gasteiger partial charge in [0.15, 0.2) is 0 Å². The van der Waals surface area contributed by atoms with Gasteiger partial charge in [-0.05, 0) is 19.1 Å². The van der Waals surface area contributed by atoms with Crippen molar-refractivity contribution in [3.63, 3.8) is 0 Å². The van der Waals surface area contributed by atoms with E-state index in [9.17, 15) is 4.79 Å². The third-order valence-electron chi connectivity index (χ3n) is 2.07. The molecule has 0 saturated heterocycles. The van der Waals surface area contributed by atoms with Crippen LogP contribution in [0.4, 0.5) is 0 Å². The van der Waals surface area contributed by atoms with E-state index >= 15 is 0 Å². The topological polar surface area (TPSA) is 39.2 Å². The lowest BCUT2D eigenvalue weighted by Gasteiger charge is -1.97. The first-order chi connectivity index (χ1) is 8.20. The minimum Gasteiger partial charge on any atom is -0.461 e. The minimum absolute atomic E-state index is 0.362. The highest BCUT2D eigenvalue weighted by Gasteiger charge is 2.12. The minimum atomic E-state index is -0.362. The molecule has 0 fully saturated rings. The van der Waals surface area contributed by atoms with Crippen molar-refractivity contribution in [3.8, 4) is 11.3 Å². The average Bonchev–Trinajstić information content (AvgIpc) is 2.78. The van der Waals surface area contributed by atoms with E-state index in [1.807, 2.05) is 29.6 Å². The highest BCUT2D eigenvalue weighted by molar-refractivity contribution is 9.10. The molecule has 1 aromatic carbocycles. The number of hydrogen-bond donors (Lipinski definition) is 0. The largest absolute Gasteiger partial charge is 0.461 e. The van der Waals surface area contributed by atoms with Crippen LogP contribution in [-0.2, 0) is 4.74 Å². The number of ether oxygens (including phenoxy) is 1. The van der Waals surface area contributed by atoms with Crippen molar-refractivity contribution < 1.29 is 9.53 Å². The Balaban J connectivity index is 2.27. The van der Waals surface area contributed by atoms with Gasteiger partial charge in [0, 0.05) is 15.4 Å². The molecule has 2 rings (SSSR count). The molecule has 2 aromatic rings.